The van der Waals surface area contributed by atoms with Crippen LogP contribution in [-0.2, 0) is 0 Å². The number of hydrogen-bond acceptors (Lipinski definition) is 1. The first-order valence-corrected chi connectivity index (χ1v) is 7.56. The molecule has 0 heterocycles. The van der Waals surface area contributed by atoms with Crippen LogP contribution in [0.25, 0.3) is 0 Å². The molecule has 0 saturated heterocycles. The average molecular weight is 316 g/mol. The third kappa shape index (κ3) is 4.36. The summed E-state index contributed by atoms with van der Waals surface area (Å²) in [5.41, 5.74) is 1.03. The summed E-state index contributed by atoms with van der Waals surface area (Å²) in [6.45, 7) is 7.45. The second kappa shape index (κ2) is 7.90. The van der Waals surface area contributed by atoms with Gasteiger partial charge >= 0.3 is 0 Å². The lowest BCUT2D eigenvalue weighted by atomic mass is 9.93. The Balaban J connectivity index is 2.86. The molecule has 0 aliphatic rings. The zero-order chi connectivity index (χ0) is 13.5. The average Bonchev–Trinajstić information content (AvgIpc) is 2.32. The minimum Gasteiger partial charge on any atom is -0.310 e. The van der Waals surface area contributed by atoms with Crippen molar-refractivity contribution in [1.82, 2.24) is 5.32 Å². The van der Waals surface area contributed by atoms with E-state index in [0.29, 0.717) is 10.4 Å². The van der Waals surface area contributed by atoms with Gasteiger partial charge in [-0.1, -0.05) is 45.7 Å². The molecule has 0 spiro atoms. The molecule has 0 fully saturated rings. The number of nitrogens with one attached hydrogen (secondary N) is 1. The van der Waals surface area contributed by atoms with Crippen molar-refractivity contribution in [3.63, 3.8) is 0 Å². The van der Waals surface area contributed by atoms with Crippen LogP contribution in [-0.4, -0.2) is 6.54 Å². The van der Waals surface area contributed by atoms with Gasteiger partial charge in [0.25, 0.3) is 0 Å². The topological polar surface area (TPSA) is 12.0 Å². The number of benzene rings is 1. The molecule has 0 aromatic heterocycles. The number of hydrogen-bond donors (Lipinski definition) is 1. The highest BCUT2D eigenvalue weighted by atomic mass is 79.9. The van der Waals surface area contributed by atoms with Crippen molar-refractivity contribution in [2.75, 3.05) is 6.54 Å². The maximum atomic E-state index is 13.6. The van der Waals surface area contributed by atoms with E-state index in [-0.39, 0.29) is 11.9 Å². The lowest BCUT2D eigenvalue weighted by Crippen LogP contribution is -2.23. The first-order valence-electron chi connectivity index (χ1n) is 6.77. The molecule has 0 aliphatic carbocycles. The summed E-state index contributed by atoms with van der Waals surface area (Å²) < 4.78 is 14.2. The first-order chi connectivity index (χ1) is 8.60. The van der Waals surface area contributed by atoms with Crippen LogP contribution in [0, 0.1) is 11.7 Å². The van der Waals surface area contributed by atoms with E-state index in [1.165, 1.54) is 18.9 Å². The molecule has 0 aliphatic heterocycles. The lowest BCUT2D eigenvalue weighted by molar-refractivity contribution is 0.393. The van der Waals surface area contributed by atoms with Crippen molar-refractivity contribution in [1.29, 1.82) is 0 Å². The monoisotopic (exact) mass is 315 g/mol. The molecule has 0 bridgehead atoms. The van der Waals surface area contributed by atoms with Crippen molar-refractivity contribution in [3.05, 3.63) is 34.1 Å². The Labute approximate surface area is 118 Å². The molecule has 0 radical (unpaired) electrons. The van der Waals surface area contributed by atoms with Gasteiger partial charge in [-0.05, 0) is 46.4 Å². The highest BCUT2D eigenvalue weighted by Crippen LogP contribution is 2.30. The summed E-state index contributed by atoms with van der Waals surface area (Å²) in [5, 5.41) is 3.46. The highest BCUT2D eigenvalue weighted by Gasteiger charge is 2.18. The summed E-state index contributed by atoms with van der Waals surface area (Å²) >= 11 is 3.36. The quantitative estimate of drug-likeness (QED) is 0.741. The fourth-order valence-electron chi connectivity index (χ4n) is 2.37. The second-order valence-electron chi connectivity index (χ2n) is 4.88. The molecule has 1 aromatic rings. The minimum absolute atomic E-state index is 0.182. The predicted molar refractivity (Wildman–Crippen MR) is 79.2 cm³/mol. The van der Waals surface area contributed by atoms with Gasteiger partial charge in [-0.2, -0.15) is 0 Å². The zero-order valence-corrected chi connectivity index (χ0v) is 13.1. The van der Waals surface area contributed by atoms with Crippen molar-refractivity contribution in [3.8, 4) is 0 Å². The maximum absolute atomic E-state index is 13.6. The van der Waals surface area contributed by atoms with Crippen LogP contribution >= 0.6 is 15.9 Å². The van der Waals surface area contributed by atoms with Crippen LogP contribution in [0.4, 0.5) is 4.39 Å². The first kappa shape index (κ1) is 15.6. The summed E-state index contributed by atoms with van der Waals surface area (Å²) in [5.74, 6) is 0.466. The van der Waals surface area contributed by atoms with E-state index >= 15 is 0 Å². The van der Waals surface area contributed by atoms with Gasteiger partial charge in [-0.15, -0.1) is 0 Å². The molecule has 18 heavy (non-hydrogen) atoms. The Bertz CT molecular complexity index is 368. The third-order valence-corrected chi connectivity index (χ3v) is 4.06. The lowest BCUT2D eigenvalue weighted by Gasteiger charge is -2.23. The standard InChI is InChI=1S/C15H23BrFN/c1-4-7-11(3)10-14(18-5-2)12-8-6-9-13(17)15(12)16/h6,8-9,11,14,18H,4-5,7,10H2,1-3H3. The molecule has 1 nitrogen and oxygen atoms in total. The molecule has 1 N–H and O–H groups in total. The molecule has 0 amide bonds. The molecule has 3 heteroatoms. The van der Waals surface area contributed by atoms with Crippen molar-refractivity contribution in [2.24, 2.45) is 5.92 Å². The summed E-state index contributed by atoms with van der Waals surface area (Å²) in [4.78, 5) is 0. The molecule has 1 rings (SSSR count). The Morgan fingerprint density at radius 1 is 1.33 bits per heavy atom. The van der Waals surface area contributed by atoms with Crippen LogP contribution in [0.15, 0.2) is 22.7 Å². The molecule has 102 valence electrons. The van der Waals surface area contributed by atoms with Crippen molar-refractivity contribution < 1.29 is 4.39 Å². The summed E-state index contributed by atoms with van der Waals surface area (Å²) in [6, 6.07) is 5.50. The Morgan fingerprint density at radius 2 is 2.06 bits per heavy atom. The van der Waals surface area contributed by atoms with Gasteiger partial charge < -0.3 is 5.32 Å². The van der Waals surface area contributed by atoms with Crippen molar-refractivity contribution in [2.45, 2.75) is 46.1 Å². The molecule has 0 saturated carbocycles. The summed E-state index contributed by atoms with van der Waals surface area (Å²) in [7, 11) is 0. The SMILES string of the molecule is CCCC(C)CC(NCC)c1cccc(F)c1Br. The largest absolute Gasteiger partial charge is 0.310 e. The van der Waals surface area contributed by atoms with E-state index in [1.807, 2.05) is 6.07 Å². The van der Waals surface area contributed by atoms with Crippen LogP contribution in [0.2, 0.25) is 0 Å². The smallest absolute Gasteiger partial charge is 0.137 e. The normalized spacial score (nSPS) is 14.5. The van der Waals surface area contributed by atoms with Gasteiger partial charge in [0, 0.05) is 6.04 Å². The Hall–Kier alpha value is -0.410. The van der Waals surface area contributed by atoms with Crippen molar-refractivity contribution >= 4 is 15.9 Å². The third-order valence-electron chi connectivity index (χ3n) is 3.23. The molecule has 1 aromatic carbocycles. The number of rotatable bonds is 7. The van der Waals surface area contributed by atoms with Crippen LogP contribution in [0.3, 0.4) is 0 Å². The molecule has 2 unspecified atom stereocenters. The fourth-order valence-corrected chi connectivity index (χ4v) is 2.91. The van der Waals surface area contributed by atoms with Gasteiger partial charge in [0.2, 0.25) is 0 Å². The number of halogens is 2. The van der Waals surface area contributed by atoms with E-state index in [9.17, 15) is 4.39 Å². The van der Waals surface area contributed by atoms with E-state index < -0.39 is 0 Å². The molecular weight excluding hydrogens is 293 g/mol. The summed E-state index contributed by atoms with van der Waals surface area (Å²) in [6.07, 6.45) is 3.46. The van der Waals surface area contributed by atoms with E-state index in [1.54, 1.807) is 6.07 Å². The Kier molecular flexibility index (Phi) is 6.87. The van der Waals surface area contributed by atoms with E-state index in [4.69, 9.17) is 0 Å². The van der Waals surface area contributed by atoms with Gasteiger partial charge in [0.05, 0.1) is 4.47 Å². The van der Waals surface area contributed by atoms with Crippen LogP contribution < -0.4 is 5.32 Å². The van der Waals surface area contributed by atoms with E-state index in [0.717, 1.165) is 18.5 Å². The minimum atomic E-state index is -0.182. The second-order valence-corrected chi connectivity index (χ2v) is 5.68. The fraction of sp³-hybridized carbons (Fsp3) is 0.600. The maximum Gasteiger partial charge on any atom is 0.137 e. The van der Waals surface area contributed by atoms with Gasteiger partial charge in [0.15, 0.2) is 0 Å². The van der Waals surface area contributed by atoms with Gasteiger partial charge in [-0.25, -0.2) is 4.39 Å². The molecule has 2 atom stereocenters. The van der Waals surface area contributed by atoms with E-state index in [2.05, 4.69) is 42.0 Å². The predicted octanol–water partition coefficient (Wildman–Crippen LogP) is 5.07. The van der Waals surface area contributed by atoms with Crippen LogP contribution in [0.5, 0.6) is 0 Å². The highest BCUT2D eigenvalue weighted by molar-refractivity contribution is 9.10. The molecular formula is C15H23BrFN. The van der Waals surface area contributed by atoms with Gasteiger partial charge in [-0.3, -0.25) is 0 Å². The zero-order valence-electron chi connectivity index (χ0n) is 11.5. The Morgan fingerprint density at radius 3 is 2.67 bits per heavy atom. The van der Waals surface area contributed by atoms with Gasteiger partial charge in [0.1, 0.15) is 5.82 Å². The van der Waals surface area contributed by atoms with Crippen LogP contribution in [0.1, 0.15) is 51.6 Å².